The molecule has 0 saturated heterocycles. The van der Waals surface area contributed by atoms with E-state index in [1.54, 1.807) is 12.7 Å². The number of hydrogen-bond acceptors (Lipinski definition) is 2. The number of nitrogens with zero attached hydrogens (tertiary/aromatic N) is 3. The Bertz CT molecular complexity index is 321. The van der Waals surface area contributed by atoms with Gasteiger partial charge in [-0.2, -0.15) is 0 Å². The molecule has 0 unspecified atom stereocenters. The Morgan fingerprint density at radius 3 is 2.38 bits per heavy atom. The fourth-order valence-corrected chi connectivity index (χ4v) is 1.18. The molecule has 0 aliphatic rings. The summed E-state index contributed by atoms with van der Waals surface area (Å²) >= 11 is 0. The molecule has 0 aliphatic carbocycles. The highest BCUT2D eigenvalue weighted by Crippen LogP contribution is 1.96. The van der Waals surface area contributed by atoms with Gasteiger partial charge in [-0.3, -0.25) is 0 Å². The molecule has 64 valence electrons. The van der Waals surface area contributed by atoms with Gasteiger partial charge in [-0.25, -0.2) is 4.57 Å². The van der Waals surface area contributed by atoms with E-state index in [1.165, 1.54) is 11.9 Å². The Morgan fingerprint density at radius 1 is 1.00 bits per heavy atom. The molecule has 0 spiro atoms. The molecule has 0 radical (unpaired) electrons. The molecular formula is C10H10N3+. The molecule has 2 rings (SSSR count). The first-order valence-corrected chi connectivity index (χ1v) is 4.13. The predicted molar refractivity (Wildman–Crippen MR) is 47.8 cm³/mol. The van der Waals surface area contributed by atoms with Crippen molar-refractivity contribution in [3.63, 3.8) is 0 Å². The summed E-state index contributed by atoms with van der Waals surface area (Å²) in [6, 6.07) is 10.2. The molecule has 0 saturated carbocycles. The van der Waals surface area contributed by atoms with E-state index in [2.05, 4.69) is 22.1 Å². The zero-order valence-corrected chi connectivity index (χ0v) is 7.17. The third kappa shape index (κ3) is 2.08. The number of aromatic nitrogens is 3. The van der Waals surface area contributed by atoms with E-state index in [0.29, 0.717) is 0 Å². The molecule has 1 heterocycles. The smallest absolute Gasteiger partial charge is 0.235 e. The van der Waals surface area contributed by atoms with Crippen molar-refractivity contribution in [1.82, 2.24) is 9.97 Å². The lowest BCUT2D eigenvalue weighted by Crippen LogP contribution is -2.34. The number of hydrogen-bond donors (Lipinski definition) is 0. The van der Waals surface area contributed by atoms with Crippen molar-refractivity contribution < 1.29 is 4.57 Å². The first-order valence-electron chi connectivity index (χ1n) is 4.13. The largest absolute Gasteiger partial charge is 0.263 e. The van der Waals surface area contributed by atoms with Crippen molar-refractivity contribution in [2.75, 3.05) is 0 Å². The van der Waals surface area contributed by atoms with Crippen LogP contribution in [0.25, 0.3) is 0 Å². The highest BCUT2D eigenvalue weighted by atomic mass is 15.1. The molecule has 0 N–H and O–H groups in total. The van der Waals surface area contributed by atoms with E-state index in [9.17, 15) is 0 Å². The maximum absolute atomic E-state index is 3.93. The molecule has 1 aromatic heterocycles. The van der Waals surface area contributed by atoms with Gasteiger partial charge in [0, 0.05) is 0 Å². The maximum Gasteiger partial charge on any atom is 0.263 e. The van der Waals surface area contributed by atoms with Gasteiger partial charge in [0.1, 0.15) is 0 Å². The molecule has 2 aromatic rings. The maximum atomic E-state index is 3.93. The highest BCUT2D eigenvalue weighted by Gasteiger charge is 1.96. The second-order valence-electron chi connectivity index (χ2n) is 2.80. The molecule has 3 heteroatoms. The van der Waals surface area contributed by atoms with Gasteiger partial charge in [-0.15, -0.1) is 0 Å². The lowest BCUT2D eigenvalue weighted by Gasteiger charge is -1.97. The van der Waals surface area contributed by atoms with E-state index < -0.39 is 0 Å². The first kappa shape index (κ1) is 7.86. The summed E-state index contributed by atoms with van der Waals surface area (Å²) < 4.78 is 1.94. The van der Waals surface area contributed by atoms with Gasteiger partial charge in [0.05, 0.1) is 6.54 Å². The van der Waals surface area contributed by atoms with Gasteiger partial charge >= 0.3 is 0 Å². The van der Waals surface area contributed by atoms with Crippen LogP contribution in [-0.4, -0.2) is 9.97 Å². The average molecular weight is 172 g/mol. The molecule has 0 atom stereocenters. The molecule has 0 aliphatic heterocycles. The van der Waals surface area contributed by atoms with Crippen LogP contribution in [0.3, 0.4) is 0 Å². The van der Waals surface area contributed by atoms with E-state index in [4.69, 9.17) is 0 Å². The highest BCUT2D eigenvalue weighted by molar-refractivity contribution is 5.13. The minimum Gasteiger partial charge on any atom is -0.235 e. The van der Waals surface area contributed by atoms with Gasteiger partial charge in [-0.1, -0.05) is 40.3 Å². The average Bonchev–Trinajstić information content (AvgIpc) is 2.21. The van der Waals surface area contributed by atoms with Gasteiger partial charge < -0.3 is 0 Å². The molecule has 0 amide bonds. The van der Waals surface area contributed by atoms with Crippen LogP contribution in [0, 0.1) is 0 Å². The molecule has 0 bridgehead atoms. The van der Waals surface area contributed by atoms with Crippen LogP contribution in [-0.2, 0) is 6.54 Å². The minimum atomic E-state index is 0.821. The minimum absolute atomic E-state index is 0.821. The van der Waals surface area contributed by atoms with E-state index in [0.717, 1.165) is 6.54 Å². The third-order valence-corrected chi connectivity index (χ3v) is 1.77. The summed E-state index contributed by atoms with van der Waals surface area (Å²) in [6.45, 7) is 0.821. The normalized spacial score (nSPS) is 9.85. The van der Waals surface area contributed by atoms with Crippen LogP contribution in [0.4, 0.5) is 0 Å². The predicted octanol–water partition coefficient (Wildman–Crippen LogP) is 0.812. The fraction of sp³-hybridized carbons (Fsp3) is 0.100. The van der Waals surface area contributed by atoms with Crippen LogP contribution < -0.4 is 4.57 Å². The van der Waals surface area contributed by atoms with Crippen LogP contribution in [0.15, 0.2) is 49.3 Å². The lowest BCUT2D eigenvalue weighted by molar-refractivity contribution is -0.694. The molecule has 1 aromatic carbocycles. The summed E-state index contributed by atoms with van der Waals surface area (Å²) in [4.78, 5) is 7.87. The first-order chi connectivity index (χ1) is 6.45. The van der Waals surface area contributed by atoms with Crippen molar-refractivity contribution >= 4 is 0 Å². The van der Waals surface area contributed by atoms with E-state index in [1.807, 2.05) is 22.8 Å². The summed E-state index contributed by atoms with van der Waals surface area (Å²) in [5.74, 6) is 0. The monoisotopic (exact) mass is 172 g/mol. The lowest BCUT2D eigenvalue weighted by atomic mass is 10.2. The Morgan fingerprint density at radius 2 is 1.69 bits per heavy atom. The Kier molecular flexibility index (Phi) is 2.27. The van der Waals surface area contributed by atoms with Crippen LogP contribution >= 0.6 is 0 Å². The quantitative estimate of drug-likeness (QED) is 0.627. The molecule has 0 fully saturated rings. The van der Waals surface area contributed by atoms with Gasteiger partial charge in [0.2, 0.25) is 12.7 Å². The summed E-state index contributed by atoms with van der Waals surface area (Å²) in [6.07, 6.45) is 5.06. The Hall–Kier alpha value is -1.77. The standard InChI is InChI=1S/C10H10N3/c1-2-4-10(5-3-1)6-13-8-11-7-12-9-13/h1-5,7-9H,6H2/q+1. The number of rotatable bonds is 2. The van der Waals surface area contributed by atoms with Gasteiger partial charge in [0.25, 0.3) is 6.33 Å². The second-order valence-corrected chi connectivity index (χ2v) is 2.80. The Labute approximate surface area is 76.7 Å². The Balaban J connectivity index is 2.16. The van der Waals surface area contributed by atoms with Crippen molar-refractivity contribution in [3.8, 4) is 0 Å². The van der Waals surface area contributed by atoms with Crippen molar-refractivity contribution in [2.24, 2.45) is 0 Å². The van der Waals surface area contributed by atoms with Crippen molar-refractivity contribution in [3.05, 3.63) is 54.9 Å². The summed E-state index contributed by atoms with van der Waals surface area (Å²) in [5, 5.41) is 0. The van der Waals surface area contributed by atoms with Crippen LogP contribution in [0.2, 0.25) is 0 Å². The topological polar surface area (TPSA) is 29.7 Å². The molecular weight excluding hydrogens is 162 g/mol. The van der Waals surface area contributed by atoms with E-state index in [-0.39, 0.29) is 0 Å². The zero-order chi connectivity index (χ0) is 8.93. The molecule has 3 nitrogen and oxygen atoms in total. The van der Waals surface area contributed by atoms with E-state index >= 15 is 0 Å². The number of benzene rings is 1. The second kappa shape index (κ2) is 3.76. The fourth-order valence-electron chi connectivity index (χ4n) is 1.18. The summed E-state index contributed by atoms with van der Waals surface area (Å²) in [7, 11) is 0. The van der Waals surface area contributed by atoms with Crippen LogP contribution in [0.5, 0.6) is 0 Å². The van der Waals surface area contributed by atoms with Crippen LogP contribution in [0.1, 0.15) is 5.56 Å². The van der Waals surface area contributed by atoms with Gasteiger partial charge in [0.15, 0.2) is 0 Å². The van der Waals surface area contributed by atoms with Crippen molar-refractivity contribution in [1.29, 1.82) is 0 Å². The third-order valence-electron chi connectivity index (χ3n) is 1.77. The zero-order valence-electron chi connectivity index (χ0n) is 7.17. The summed E-state index contributed by atoms with van der Waals surface area (Å²) in [5.41, 5.74) is 1.25. The van der Waals surface area contributed by atoms with Crippen molar-refractivity contribution in [2.45, 2.75) is 6.54 Å². The SMILES string of the molecule is c1ccc(C[n+]2cncnc2)cc1. The molecule has 13 heavy (non-hydrogen) atoms. The van der Waals surface area contributed by atoms with Gasteiger partial charge in [-0.05, 0) is 5.56 Å².